The molecule has 0 bridgehead atoms. The number of hydrogen-bond acceptors (Lipinski definition) is 9. The quantitative estimate of drug-likeness (QED) is 0.515. The molecule has 3 aromatic rings. The molecule has 5 heterocycles. The maximum atomic E-state index is 15.3. The van der Waals surface area contributed by atoms with E-state index in [1.54, 1.807) is 18.1 Å². The molecule has 39 heavy (non-hydrogen) atoms. The molecule has 3 aromatic heterocycles. The van der Waals surface area contributed by atoms with Gasteiger partial charge in [-0.2, -0.15) is 10.4 Å². The highest BCUT2D eigenvalue weighted by Gasteiger charge is 2.40. The summed E-state index contributed by atoms with van der Waals surface area (Å²) in [5.41, 5.74) is 0.604. The average Bonchev–Trinajstić information content (AvgIpc) is 3.29. The number of nitrogens with one attached hydrogen (secondary N) is 1. The number of amides is 1. The van der Waals surface area contributed by atoms with E-state index in [1.165, 1.54) is 10.7 Å². The molecule has 0 aliphatic carbocycles. The number of halogens is 1. The normalized spacial score (nSPS) is 18.8. The van der Waals surface area contributed by atoms with E-state index < -0.39 is 17.5 Å². The summed E-state index contributed by atoms with van der Waals surface area (Å²) in [6, 6.07) is 4.74. The first kappa shape index (κ1) is 26.6. The van der Waals surface area contributed by atoms with Crippen molar-refractivity contribution in [3.63, 3.8) is 0 Å². The van der Waals surface area contributed by atoms with Gasteiger partial charge in [0.05, 0.1) is 37.5 Å². The maximum Gasteiger partial charge on any atom is 0.410 e. The van der Waals surface area contributed by atoms with E-state index >= 15 is 4.39 Å². The Morgan fingerprint density at radius 3 is 2.74 bits per heavy atom. The Morgan fingerprint density at radius 2 is 2.10 bits per heavy atom. The van der Waals surface area contributed by atoms with E-state index in [-0.39, 0.29) is 28.5 Å². The van der Waals surface area contributed by atoms with Crippen LogP contribution in [-0.4, -0.2) is 75.6 Å². The molecule has 2 fully saturated rings. The van der Waals surface area contributed by atoms with Crippen molar-refractivity contribution in [3.05, 3.63) is 35.4 Å². The van der Waals surface area contributed by atoms with Gasteiger partial charge in [-0.3, -0.25) is 0 Å². The number of piperidine rings is 1. The van der Waals surface area contributed by atoms with Crippen LogP contribution in [0, 0.1) is 17.1 Å². The van der Waals surface area contributed by atoms with Crippen molar-refractivity contribution >= 4 is 17.6 Å². The summed E-state index contributed by atoms with van der Waals surface area (Å²) in [5, 5.41) is 17.7. The third kappa shape index (κ3) is 5.18. The van der Waals surface area contributed by atoms with Gasteiger partial charge in [0.15, 0.2) is 11.5 Å². The predicted octanol–water partition coefficient (Wildman–Crippen LogP) is 3.91. The molecule has 5 rings (SSSR count). The fourth-order valence-electron chi connectivity index (χ4n) is 4.82. The minimum absolute atomic E-state index is 0.00226. The van der Waals surface area contributed by atoms with Crippen LogP contribution >= 0.6 is 0 Å². The number of ether oxygens (including phenoxy) is 3. The van der Waals surface area contributed by atoms with Crippen LogP contribution in [0.3, 0.4) is 0 Å². The summed E-state index contributed by atoms with van der Waals surface area (Å²) in [6.07, 6.45) is 2.60. The zero-order chi connectivity index (χ0) is 27.9. The van der Waals surface area contributed by atoms with Crippen LogP contribution in [0.2, 0.25) is 0 Å². The molecule has 206 valence electrons. The van der Waals surface area contributed by atoms with Gasteiger partial charge in [-0.25, -0.2) is 23.7 Å². The number of hydrogen-bond donors (Lipinski definition) is 1. The van der Waals surface area contributed by atoms with Crippen molar-refractivity contribution in [2.45, 2.75) is 57.6 Å². The number of pyridine rings is 1. The second-order valence-corrected chi connectivity index (χ2v) is 11.3. The van der Waals surface area contributed by atoms with Crippen LogP contribution in [-0.2, 0) is 14.9 Å². The number of methoxy groups -OCH3 is 1. The van der Waals surface area contributed by atoms with Crippen molar-refractivity contribution in [3.8, 4) is 23.2 Å². The van der Waals surface area contributed by atoms with Gasteiger partial charge < -0.3 is 24.4 Å². The molecule has 11 nitrogen and oxygen atoms in total. The number of nitrogens with zero attached hydrogens (tertiary/aromatic N) is 6. The van der Waals surface area contributed by atoms with E-state index in [1.807, 2.05) is 33.8 Å². The topological polar surface area (TPSA) is 127 Å². The van der Waals surface area contributed by atoms with Crippen LogP contribution in [0.15, 0.2) is 18.3 Å². The Balaban J connectivity index is 1.47. The number of nitriles is 1. The van der Waals surface area contributed by atoms with Crippen LogP contribution in [0.25, 0.3) is 17.0 Å². The van der Waals surface area contributed by atoms with Gasteiger partial charge in [0.25, 0.3) is 0 Å². The summed E-state index contributed by atoms with van der Waals surface area (Å²) in [5.74, 6) is 0.135. The lowest BCUT2D eigenvalue weighted by Gasteiger charge is -2.37. The lowest BCUT2D eigenvalue weighted by atomic mass is 9.84. The molecule has 12 heteroatoms. The Bertz CT molecular complexity index is 1460. The number of carbonyl (C=O) groups is 1. The molecule has 2 saturated heterocycles. The molecule has 1 unspecified atom stereocenters. The van der Waals surface area contributed by atoms with Gasteiger partial charge >= 0.3 is 6.09 Å². The van der Waals surface area contributed by atoms with Crippen molar-refractivity contribution in [1.82, 2.24) is 24.5 Å². The van der Waals surface area contributed by atoms with Crippen molar-refractivity contribution < 1.29 is 23.4 Å². The van der Waals surface area contributed by atoms with Crippen molar-refractivity contribution in [2.75, 3.05) is 38.7 Å². The molecule has 0 radical (unpaired) electrons. The molecule has 0 spiro atoms. The molecular weight excluding hydrogens is 505 g/mol. The van der Waals surface area contributed by atoms with E-state index in [0.717, 1.165) is 18.9 Å². The number of likely N-dealkylation sites (tertiary alicyclic amines) is 1. The lowest BCUT2D eigenvalue weighted by Crippen LogP contribution is -2.47. The molecule has 2 aliphatic rings. The Kier molecular flexibility index (Phi) is 6.80. The Morgan fingerprint density at radius 1 is 1.33 bits per heavy atom. The monoisotopic (exact) mass is 537 g/mol. The van der Waals surface area contributed by atoms with Gasteiger partial charge in [0, 0.05) is 25.2 Å². The summed E-state index contributed by atoms with van der Waals surface area (Å²) >= 11 is 0. The van der Waals surface area contributed by atoms with E-state index in [0.29, 0.717) is 49.1 Å². The third-order valence-corrected chi connectivity index (χ3v) is 6.84. The van der Waals surface area contributed by atoms with Crippen LogP contribution in [0.4, 0.5) is 15.0 Å². The smallest absolute Gasteiger partial charge is 0.410 e. The number of anilines is 1. The number of fused-ring (bicyclic) bond motifs is 1. The maximum absolute atomic E-state index is 15.3. The highest BCUT2D eigenvalue weighted by molar-refractivity contribution is 5.69. The highest BCUT2D eigenvalue weighted by atomic mass is 19.1. The fourth-order valence-corrected chi connectivity index (χ4v) is 4.82. The molecule has 2 aliphatic heterocycles. The Labute approximate surface area is 225 Å². The first-order valence-corrected chi connectivity index (χ1v) is 12.9. The summed E-state index contributed by atoms with van der Waals surface area (Å²) in [4.78, 5) is 23.2. The van der Waals surface area contributed by atoms with Gasteiger partial charge in [0.1, 0.15) is 40.3 Å². The molecule has 0 saturated carbocycles. The zero-order valence-electron chi connectivity index (χ0n) is 22.7. The summed E-state index contributed by atoms with van der Waals surface area (Å²) in [7, 11) is 1.57. The van der Waals surface area contributed by atoms with Gasteiger partial charge in [-0.05, 0) is 46.6 Å². The average molecular weight is 538 g/mol. The molecule has 1 N–H and O–H groups in total. The summed E-state index contributed by atoms with van der Waals surface area (Å²) < 4.78 is 33.4. The molecule has 1 atom stereocenters. The second kappa shape index (κ2) is 9.96. The lowest BCUT2D eigenvalue weighted by molar-refractivity contribution is -0.0535. The minimum Gasteiger partial charge on any atom is -0.495 e. The van der Waals surface area contributed by atoms with Crippen LogP contribution < -0.4 is 10.1 Å². The van der Waals surface area contributed by atoms with Gasteiger partial charge in [-0.15, -0.1) is 0 Å². The second-order valence-electron chi connectivity index (χ2n) is 11.3. The standard InChI is InChI=1S/C27H32FN7O4/c1-26(2,3)39-25(36)34-8-6-7-17(13-34)31-24-16(11-29)9-18(28)22(32-24)19-12-30-21-10-20(37-5)23(33-35(19)21)27(4)14-38-15-27/h9-10,12,17H,6-8,13-15H2,1-5H3,(H,31,32). The number of rotatable bonds is 5. The van der Waals surface area contributed by atoms with Crippen molar-refractivity contribution in [2.24, 2.45) is 0 Å². The van der Waals surface area contributed by atoms with E-state index in [2.05, 4.69) is 15.3 Å². The molecule has 1 amide bonds. The number of carbonyl (C=O) groups excluding carboxylic acids is 1. The third-order valence-electron chi connectivity index (χ3n) is 6.84. The fraction of sp³-hybridized carbons (Fsp3) is 0.519. The van der Waals surface area contributed by atoms with Crippen LogP contribution in [0.5, 0.6) is 5.75 Å². The van der Waals surface area contributed by atoms with Crippen molar-refractivity contribution in [1.29, 1.82) is 5.26 Å². The van der Waals surface area contributed by atoms with Gasteiger partial charge in [-0.1, -0.05) is 0 Å². The Hall–Kier alpha value is -3.98. The first-order valence-electron chi connectivity index (χ1n) is 12.9. The minimum atomic E-state index is -0.671. The number of aromatic nitrogens is 4. The highest BCUT2D eigenvalue weighted by Crippen LogP contribution is 2.37. The van der Waals surface area contributed by atoms with Crippen LogP contribution in [0.1, 0.15) is 51.8 Å². The van der Waals surface area contributed by atoms with E-state index in [4.69, 9.17) is 19.3 Å². The summed E-state index contributed by atoms with van der Waals surface area (Å²) in [6.45, 7) is 9.42. The largest absolute Gasteiger partial charge is 0.495 e. The predicted molar refractivity (Wildman–Crippen MR) is 140 cm³/mol. The molecular formula is C27H32FN7O4. The van der Waals surface area contributed by atoms with E-state index in [9.17, 15) is 10.1 Å². The van der Waals surface area contributed by atoms with Gasteiger partial charge in [0.2, 0.25) is 0 Å². The first-order chi connectivity index (χ1) is 18.5. The molecule has 0 aromatic carbocycles. The zero-order valence-corrected chi connectivity index (χ0v) is 22.7. The SMILES string of the molecule is COc1cc2ncc(-c3nc(NC4CCCN(C(=O)OC(C)(C)C)C4)c(C#N)cc3F)n2nc1C1(C)COC1. The number of imidazole rings is 1.